The number of hydrogen-bond donors (Lipinski definition) is 0. The SMILES string of the molecule is O=[C]c1cc([N+](=O)[O-])ccc1F. The lowest BCUT2D eigenvalue weighted by Crippen LogP contribution is -1.92. The van der Waals surface area contributed by atoms with Crippen LogP contribution in [-0.4, -0.2) is 11.2 Å². The molecule has 4 nitrogen and oxygen atoms in total. The highest BCUT2D eigenvalue weighted by molar-refractivity contribution is 5.76. The van der Waals surface area contributed by atoms with Crippen LogP contribution in [0.2, 0.25) is 0 Å². The smallest absolute Gasteiger partial charge is 0.270 e. The molecule has 0 amide bonds. The van der Waals surface area contributed by atoms with Gasteiger partial charge >= 0.3 is 0 Å². The Labute approximate surface area is 66.8 Å². The molecule has 0 aliphatic carbocycles. The Morgan fingerprint density at radius 2 is 2.17 bits per heavy atom. The van der Waals surface area contributed by atoms with Crippen molar-refractivity contribution in [3.8, 4) is 0 Å². The Hall–Kier alpha value is -1.78. The average Bonchev–Trinajstić information content (AvgIpc) is 2.05. The molecule has 0 heterocycles. The first-order chi connectivity index (χ1) is 5.65. The van der Waals surface area contributed by atoms with E-state index in [1.165, 1.54) is 6.29 Å². The van der Waals surface area contributed by atoms with E-state index in [0.29, 0.717) is 0 Å². The van der Waals surface area contributed by atoms with E-state index in [0.717, 1.165) is 18.2 Å². The van der Waals surface area contributed by atoms with Crippen molar-refractivity contribution in [3.63, 3.8) is 0 Å². The van der Waals surface area contributed by atoms with E-state index >= 15 is 0 Å². The van der Waals surface area contributed by atoms with Crippen LogP contribution >= 0.6 is 0 Å². The van der Waals surface area contributed by atoms with Gasteiger partial charge in [-0.15, -0.1) is 0 Å². The molecule has 1 aromatic carbocycles. The maximum absolute atomic E-state index is 12.5. The van der Waals surface area contributed by atoms with Crippen LogP contribution in [0.15, 0.2) is 18.2 Å². The van der Waals surface area contributed by atoms with Gasteiger partial charge in [0.05, 0.1) is 10.5 Å². The number of rotatable bonds is 2. The Morgan fingerprint density at radius 1 is 1.50 bits per heavy atom. The minimum Gasteiger partial charge on any atom is -0.285 e. The lowest BCUT2D eigenvalue weighted by Gasteiger charge is -1.92. The van der Waals surface area contributed by atoms with Gasteiger partial charge in [0, 0.05) is 12.1 Å². The standard InChI is InChI=1S/C7H3FNO3/c8-7-2-1-6(9(11)12)3-5(7)4-10/h1-3H. The van der Waals surface area contributed by atoms with Gasteiger partial charge in [-0.25, -0.2) is 4.39 Å². The Morgan fingerprint density at radius 3 is 2.67 bits per heavy atom. The first-order valence-electron chi connectivity index (χ1n) is 2.97. The van der Waals surface area contributed by atoms with Crippen molar-refractivity contribution >= 4 is 12.0 Å². The van der Waals surface area contributed by atoms with Gasteiger partial charge in [-0.05, 0) is 6.07 Å². The molecule has 1 rings (SSSR count). The largest absolute Gasteiger partial charge is 0.285 e. The molecule has 12 heavy (non-hydrogen) atoms. The molecule has 0 N–H and O–H groups in total. The summed E-state index contributed by atoms with van der Waals surface area (Å²) in [6.45, 7) is 0. The van der Waals surface area contributed by atoms with Crippen LogP contribution < -0.4 is 0 Å². The zero-order chi connectivity index (χ0) is 9.14. The zero-order valence-electron chi connectivity index (χ0n) is 5.78. The molecule has 0 saturated heterocycles. The summed E-state index contributed by atoms with van der Waals surface area (Å²) in [5.74, 6) is -0.810. The first-order valence-corrected chi connectivity index (χ1v) is 2.97. The first kappa shape index (κ1) is 8.32. The number of hydrogen-bond acceptors (Lipinski definition) is 3. The van der Waals surface area contributed by atoms with Crippen LogP contribution in [0.5, 0.6) is 0 Å². The third-order valence-corrected chi connectivity index (χ3v) is 1.27. The molecular weight excluding hydrogens is 165 g/mol. The van der Waals surface area contributed by atoms with Crippen LogP contribution in [0.1, 0.15) is 5.56 Å². The Bertz CT molecular complexity index is 337. The zero-order valence-corrected chi connectivity index (χ0v) is 5.78. The molecule has 5 heteroatoms. The van der Waals surface area contributed by atoms with Crippen molar-refractivity contribution in [1.82, 2.24) is 0 Å². The van der Waals surface area contributed by atoms with Gasteiger partial charge in [-0.1, -0.05) is 0 Å². The van der Waals surface area contributed by atoms with Gasteiger partial charge in [0.1, 0.15) is 5.82 Å². The Kier molecular flexibility index (Phi) is 2.14. The molecule has 0 atom stereocenters. The van der Waals surface area contributed by atoms with E-state index in [2.05, 4.69) is 0 Å². The molecule has 1 aromatic rings. The summed E-state index contributed by atoms with van der Waals surface area (Å²) in [6, 6.07) is 2.68. The van der Waals surface area contributed by atoms with Crippen molar-refractivity contribution in [1.29, 1.82) is 0 Å². The summed E-state index contributed by atoms with van der Waals surface area (Å²) in [7, 11) is 0. The van der Waals surface area contributed by atoms with E-state index < -0.39 is 16.3 Å². The fourth-order valence-electron chi connectivity index (χ4n) is 0.705. The van der Waals surface area contributed by atoms with Crippen molar-refractivity contribution in [2.24, 2.45) is 0 Å². The molecule has 1 radical (unpaired) electrons. The number of halogens is 1. The third-order valence-electron chi connectivity index (χ3n) is 1.27. The van der Waals surface area contributed by atoms with Gasteiger partial charge < -0.3 is 0 Å². The van der Waals surface area contributed by atoms with Gasteiger partial charge in [0.15, 0.2) is 0 Å². The third kappa shape index (κ3) is 1.45. The van der Waals surface area contributed by atoms with Crippen LogP contribution in [0.25, 0.3) is 0 Å². The van der Waals surface area contributed by atoms with Crippen LogP contribution in [0.3, 0.4) is 0 Å². The molecule has 0 fully saturated rings. The maximum Gasteiger partial charge on any atom is 0.270 e. The normalized spacial score (nSPS) is 9.42. The number of nitro groups is 1. The second-order valence-corrected chi connectivity index (χ2v) is 2.02. The summed E-state index contributed by atoms with van der Waals surface area (Å²) in [6.07, 6.45) is 1.26. The topological polar surface area (TPSA) is 60.2 Å². The number of non-ortho nitro benzene ring substituents is 1. The molecule has 61 valence electrons. The fourth-order valence-corrected chi connectivity index (χ4v) is 0.705. The summed E-state index contributed by atoms with van der Waals surface area (Å²) in [4.78, 5) is 19.4. The predicted octanol–water partition coefficient (Wildman–Crippen LogP) is 1.19. The van der Waals surface area contributed by atoms with Crippen molar-refractivity contribution in [2.45, 2.75) is 0 Å². The van der Waals surface area contributed by atoms with Gasteiger partial charge in [-0.2, -0.15) is 0 Å². The molecule has 0 unspecified atom stereocenters. The summed E-state index contributed by atoms with van der Waals surface area (Å²) in [5, 5.41) is 10.1. The van der Waals surface area contributed by atoms with Crippen molar-refractivity contribution < 1.29 is 14.1 Å². The average molecular weight is 168 g/mol. The molecule has 0 aromatic heterocycles. The highest BCUT2D eigenvalue weighted by Gasteiger charge is 2.09. The number of nitrogens with zero attached hydrogens (tertiary/aromatic N) is 1. The molecule has 0 spiro atoms. The molecule has 0 aliphatic rings. The number of nitro benzene ring substituents is 1. The fraction of sp³-hybridized carbons (Fsp3) is 0. The molecule has 0 saturated carbocycles. The van der Waals surface area contributed by atoms with Gasteiger partial charge in [0.2, 0.25) is 6.29 Å². The highest BCUT2D eigenvalue weighted by Crippen LogP contribution is 2.14. The van der Waals surface area contributed by atoms with Gasteiger partial charge in [0.25, 0.3) is 5.69 Å². The van der Waals surface area contributed by atoms with E-state index in [9.17, 15) is 19.3 Å². The second-order valence-electron chi connectivity index (χ2n) is 2.02. The molecule has 0 bridgehead atoms. The Balaban J connectivity index is 3.22. The monoisotopic (exact) mass is 168 g/mol. The van der Waals surface area contributed by atoms with Crippen LogP contribution in [0.4, 0.5) is 10.1 Å². The summed E-state index contributed by atoms with van der Waals surface area (Å²) < 4.78 is 12.5. The highest BCUT2D eigenvalue weighted by atomic mass is 19.1. The number of carbonyl (C=O) groups excluding carboxylic acids is 1. The quantitative estimate of drug-likeness (QED) is 0.492. The van der Waals surface area contributed by atoms with E-state index in [-0.39, 0.29) is 5.69 Å². The minimum atomic E-state index is -0.810. The van der Waals surface area contributed by atoms with E-state index in [1.54, 1.807) is 0 Å². The molecule has 0 aliphatic heterocycles. The minimum absolute atomic E-state index is 0.324. The summed E-state index contributed by atoms with van der Waals surface area (Å²) >= 11 is 0. The van der Waals surface area contributed by atoms with Crippen LogP contribution in [-0.2, 0) is 4.79 Å². The maximum atomic E-state index is 12.5. The number of benzene rings is 1. The van der Waals surface area contributed by atoms with Crippen LogP contribution in [0, 0.1) is 15.9 Å². The second kappa shape index (κ2) is 3.08. The lowest BCUT2D eigenvalue weighted by molar-refractivity contribution is -0.384. The molecular formula is C7H3FNO3. The van der Waals surface area contributed by atoms with E-state index in [1.807, 2.05) is 0 Å². The van der Waals surface area contributed by atoms with Crippen molar-refractivity contribution in [3.05, 3.63) is 39.7 Å². The summed E-state index contributed by atoms with van der Waals surface area (Å²) in [5.41, 5.74) is -0.751. The van der Waals surface area contributed by atoms with E-state index in [4.69, 9.17) is 0 Å². The van der Waals surface area contributed by atoms with Gasteiger partial charge in [-0.3, -0.25) is 14.9 Å². The lowest BCUT2D eigenvalue weighted by atomic mass is 10.2. The predicted molar refractivity (Wildman–Crippen MR) is 37.8 cm³/mol. The van der Waals surface area contributed by atoms with Crippen molar-refractivity contribution in [2.75, 3.05) is 0 Å².